The number of ether oxygens (including phenoxy) is 2. The third-order valence-corrected chi connectivity index (χ3v) is 3.31. The molecular weight excluding hydrogens is 324 g/mol. The van der Waals surface area contributed by atoms with E-state index < -0.39 is 23.9 Å². The molecule has 0 fully saturated rings. The van der Waals surface area contributed by atoms with Crippen LogP contribution in [-0.4, -0.2) is 31.0 Å². The highest BCUT2D eigenvalue weighted by Gasteiger charge is 2.19. The van der Waals surface area contributed by atoms with Crippen molar-refractivity contribution in [1.29, 1.82) is 0 Å². The van der Waals surface area contributed by atoms with E-state index >= 15 is 0 Å². The number of hydrazine groups is 1. The van der Waals surface area contributed by atoms with Gasteiger partial charge in [-0.1, -0.05) is 18.2 Å². The number of rotatable bonds is 5. The predicted molar refractivity (Wildman–Crippen MR) is 89.9 cm³/mol. The van der Waals surface area contributed by atoms with Crippen molar-refractivity contribution in [3.63, 3.8) is 0 Å². The number of esters is 1. The Balaban J connectivity index is 1.84. The van der Waals surface area contributed by atoms with Crippen LogP contribution < -0.4 is 15.6 Å². The van der Waals surface area contributed by atoms with Crippen LogP contribution in [0.3, 0.4) is 0 Å². The largest absolute Gasteiger partial charge is 0.497 e. The van der Waals surface area contributed by atoms with Crippen molar-refractivity contribution < 1.29 is 23.9 Å². The smallest absolute Gasteiger partial charge is 0.338 e. The van der Waals surface area contributed by atoms with Crippen molar-refractivity contribution in [2.75, 3.05) is 7.11 Å². The number of hydrogen-bond acceptors (Lipinski definition) is 5. The van der Waals surface area contributed by atoms with Crippen LogP contribution in [0.15, 0.2) is 54.6 Å². The maximum atomic E-state index is 12.0. The van der Waals surface area contributed by atoms with Crippen LogP contribution in [0.5, 0.6) is 5.75 Å². The number of hydrogen-bond donors (Lipinski definition) is 2. The van der Waals surface area contributed by atoms with E-state index in [1.165, 1.54) is 26.2 Å². The van der Waals surface area contributed by atoms with Crippen molar-refractivity contribution in [2.24, 2.45) is 0 Å². The summed E-state index contributed by atoms with van der Waals surface area (Å²) in [6, 6.07) is 14.7. The summed E-state index contributed by atoms with van der Waals surface area (Å²) in [5, 5.41) is 0. The molecule has 2 aromatic rings. The first-order valence-electron chi connectivity index (χ1n) is 7.51. The fourth-order valence-electron chi connectivity index (χ4n) is 1.89. The van der Waals surface area contributed by atoms with Gasteiger partial charge >= 0.3 is 5.97 Å². The SMILES string of the molecule is COc1ccc(C(=O)O[C@H](C)C(=O)NNC(=O)c2ccccc2)cc1. The van der Waals surface area contributed by atoms with E-state index in [0.29, 0.717) is 11.3 Å². The van der Waals surface area contributed by atoms with Gasteiger partial charge < -0.3 is 9.47 Å². The maximum Gasteiger partial charge on any atom is 0.338 e. The molecule has 0 radical (unpaired) electrons. The summed E-state index contributed by atoms with van der Waals surface area (Å²) >= 11 is 0. The summed E-state index contributed by atoms with van der Waals surface area (Å²) in [5.41, 5.74) is 5.16. The van der Waals surface area contributed by atoms with Gasteiger partial charge in [-0.05, 0) is 43.3 Å². The highest BCUT2D eigenvalue weighted by Crippen LogP contribution is 2.12. The predicted octanol–water partition coefficient (Wildman–Crippen LogP) is 1.70. The minimum Gasteiger partial charge on any atom is -0.497 e. The molecule has 0 aliphatic carbocycles. The monoisotopic (exact) mass is 342 g/mol. The minimum absolute atomic E-state index is 0.286. The molecule has 2 amide bonds. The molecule has 1 atom stereocenters. The lowest BCUT2D eigenvalue weighted by Crippen LogP contribution is -2.46. The Morgan fingerprint density at radius 3 is 2.12 bits per heavy atom. The Morgan fingerprint density at radius 1 is 0.880 bits per heavy atom. The van der Waals surface area contributed by atoms with Crippen LogP contribution in [0, 0.1) is 0 Å². The van der Waals surface area contributed by atoms with Crippen molar-refractivity contribution in [3.8, 4) is 5.75 Å². The van der Waals surface area contributed by atoms with E-state index in [4.69, 9.17) is 9.47 Å². The summed E-state index contributed by atoms with van der Waals surface area (Å²) in [7, 11) is 1.52. The van der Waals surface area contributed by atoms with Crippen molar-refractivity contribution in [2.45, 2.75) is 13.0 Å². The van der Waals surface area contributed by atoms with Gasteiger partial charge in [0.2, 0.25) is 0 Å². The Bertz CT molecular complexity index is 744. The molecular formula is C18H18N2O5. The second-order valence-electron chi connectivity index (χ2n) is 5.09. The van der Waals surface area contributed by atoms with Crippen LogP contribution in [0.1, 0.15) is 27.6 Å². The summed E-state index contributed by atoms with van der Waals surface area (Å²) in [6.07, 6.45) is -1.08. The van der Waals surface area contributed by atoms with Crippen LogP contribution in [0.25, 0.3) is 0 Å². The standard InChI is InChI=1S/C18H18N2O5/c1-12(25-18(23)14-8-10-15(24-2)11-9-14)16(21)19-20-17(22)13-6-4-3-5-7-13/h3-12H,1-2H3,(H,19,21)(H,20,22)/t12-/m1/s1. The normalized spacial score (nSPS) is 11.1. The Labute approximate surface area is 144 Å². The molecule has 0 heterocycles. The molecule has 2 rings (SSSR count). The first-order chi connectivity index (χ1) is 12.0. The molecule has 0 saturated heterocycles. The summed E-state index contributed by atoms with van der Waals surface area (Å²) in [6.45, 7) is 1.41. The lowest BCUT2D eigenvalue weighted by atomic mass is 10.2. The molecule has 0 bridgehead atoms. The average molecular weight is 342 g/mol. The van der Waals surface area contributed by atoms with E-state index in [0.717, 1.165) is 0 Å². The first kappa shape index (κ1) is 18.0. The third kappa shape index (κ3) is 5.07. The highest BCUT2D eigenvalue weighted by atomic mass is 16.5. The van der Waals surface area contributed by atoms with Gasteiger partial charge in [0.25, 0.3) is 11.8 Å². The van der Waals surface area contributed by atoms with Gasteiger partial charge in [0.1, 0.15) is 5.75 Å². The second kappa shape index (κ2) is 8.49. The summed E-state index contributed by atoms with van der Waals surface area (Å²) in [5.74, 6) is -1.17. The third-order valence-electron chi connectivity index (χ3n) is 3.31. The number of benzene rings is 2. The lowest BCUT2D eigenvalue weighted by molar-refractivity contribution is -0.129. The zero-order valence-corrected chi connectivity index (χ0v) is 13.8. The van der Waals surface area contributed by atoms with Gasteiger partial charge in [-0.3, -0.25) is 20.4 Å². The quantitative estimate of drug-likeness (QED) is 0.637. The zero-order chi connectivity index (χ0) is 18.2. The number of carbonyl (C=O) groups is 3. The molecule has 2 aromatic carbocycles. The van der Waals surface area contributed by atoms with Gasteiger partial charge in [0, 0.05) is 5.56 Å². The molecule has 0 aromatic heterocycles. The molecule has 0 spiro atoms. The van der Waals surface area contributed by atoms with Crippen LogP contribution in [0.4, 0.5) is 0 Å². The minimum atomic E-state index is -1.08. The van der Waals surface area contributed by atoms with E-state index in [-0.39, 0.29) is 5.56 Å². The Morgan fingerprint density at radius 2 is 1.52 bits per heavy atom. The average Bonchev–Trinajstić information content (AvgIpc) is 2.66. The molecule has 7 nitrogen and oxygen atoms in total. The van der Waals surface area contributed by atoms with Gasteiger partial charge in [0.15, 0.2) is 6.10 Å². The van der Waals surface area contributed by atoms with E-state index in [1.54, 1.807) is 42.5 Å². The molecule has 2 N–H and O–H groups in total. The lowest BCUT2D eigenvalue weighted by Gasteiger charge is -2.14. The highest BCUT2D eigenvalue weighted by molar-refractivity contribution is 5.96. The zero-order valence-electron chi connectivity index (χ0n) is 13.8. The van der Waals surface area contributed by atoms with E-state index in [1.807, 2.05) is 0 Å². The molecule has 0 aliphatic rings. The maximum absolute atomic E-state index is 12.0. The van der Waals surface area contributed by atoms with Gasteiger partial charge in [-0.2, -0.15) is 0 Å². The van der Waals surface area contributed by atoms with Crippen molar-refractivity contribution in [1.82, 2.24) is 10.9 Å². The summed E-state index contributed by atoms with van der Waals surface area (Å²) < 4.78 is 10.1. The van der Waals surface area contributed by atoms with Crippen molar-refractivity contribution in [3.05, 3.63) is 65.7 Å². The van der Waals surface area contributed by atoms with Gasteiger partial charge in [-0.25, -0.2) is 4.79 Å². The van der Waals surface area contributed by atoms with Crippen LogP contribution in [-0.2, 0) is 9.53 Å². The molecule has 25 heavy (non-hydrogen) atoms. The van der Waals surface area contributed by atoms with Crippen LogP contribution in [0.2, 0.25) is 0 Å². The van der Waals surface area contributed by atoms with Gasteiger partial charge in [-0.15, -0.1) is 0 Å². The second-order valence-corrected chi connectivity index (χ2v) is 5.09. The fourth-order valence-corrected chi connectivity index (χ4v) is 1.89. The number of nitrogens with one attached hydrogen (secondary N) is 2. The van der Waals surface area contributed by atoms with Crippen molar-refractivity contribution >= 4 is 17.8 Å². The molecule has 0 unspecified atom stereocenters. The Kier molecular flexibility index (Phi) is 6.11. The molecule has 0 aliphatic heterocycles. The topological polar surface area (TPSA) is 93.7 Å². The number of amides is 2. The number of carbonyl (C=O) groups excluding carboxylic acids is 3. The first-order valence-corrected chi connectivity index (χ1v) is 7.51. The molecule has 0 saturated carbocycles. The number of methoxy groups -OCH3 is 1. The summed E-state index contributed by atoms with van der Waals surface area (Å²) in [4.78, 5) is 35.7. The fraction of sp³-hybridized carbons (Fsp3) is 0.167. The van der Waals surface area contributed by atoms with Crippen LogP contribution >= 0.6 is 0 Å². The van der Waals surface area contributed by atoms with E-state index in [9.17, 15) is 14.4 Å². The molecule has 130 valence electrons. The van der Waals surface area contributed by atoms with Gasteiger partial charge in [0.05, 0.1) is 12.7 Å². The van der Waals surface area contributed by atoms with E-state index in [2.05, 4.69) is 10.9 Å². The Hall–Kier alpha value is -3.35. The molecule has 7 heteroatoms.